The molecular formula is C13H25N3S. The molecule has 4 heteroatoms. The lowest BCUT2D eigenvalue weighted by atomic mass is 9.96. The zero-order valence-electron chi connectivity index (χ0n) is 11.6. The van der Waals surface area contributed by atoms with E-state index in [0.29, 0.717) is 17.9 Å². The zero-order chi connectivity index (χ0) is 13.0. The molecule has 1 rings (SSSR count). The van der Waals surface area contributed by atoms with Gasteiger partial charge in [-0.25, -0.2) is 4.98 Å². The van der Waals surface area contributed by atoms with Gasteiger partial charge in [-0.05, 0) is 45.7 Å². The van der Waals surface area contributed by atoms with Crippen LogP contribution in [0.4, 0.5) is 0 Å². The van der Waals surface area contributed by atoms with Gasteiger partial charge in [0, 0.05) is 10.9 Å². The molecule has 98 valence electrons. The van der Waals surface area contributed by atoms with Crippen LogP contribution in [0.15, 0.2) is 0 Å². The Morgan fingerprint density at radius 2 is 1.94 bits per heavy atom. The van der Waals surface area contributed by atoms with Crippen LogP contribution in [0.2, 0.25) is 0 Å². The number of aromatic nitrogens is 1. The van der Waals surface area contributed by atoms with E-state index in [2.05, 4.69) is 44.9 Å². The second-order valence-corrected chi connectivity index (χ2v) is 6.29. The van der Waals surface area contributed by atoms with Gasteiger partial charge in [-0.15, -0.1) is 11.3 Å². The van der Waals surface area contributed by atoms with Crippen molar-refractivity contribution < 1.29 is 0 Å². The second-order valence-electron chi connectivity index (χ2n) is 5.05. The van der Waals surface area contributed by atoms with E-state index in [1.165, 1.54) is 4.88 Å². The standard InChI is InChI=1S/C13H25N3S/c1-8(2)12(6-14)7-15-9(3)13-10(4)16-11(5)17-13/h8-9,12,15H,6-7,14H2,1-5H3. The Bertz CT molecular complexity index is 346. The number of nitrogens with one attached hydrogen (secondary N) is 1. The lowest BCUT2D eigenvalue weighted by molar-refractivity contribution is 0.357. The molecule has 0 aliphatic rings. The van der Waals surface area contributed by atoms with Gasteiger partial charge in [0.15, 0.2) is 0 Å². The smallest absolute Gasteiger partial charge is 0.0900 e. The summed E-state index contributed by atoms with van der Waals surface area (Å²) < 4.78 is 0. The van der Waals surface area contributed by atoms with Crippen molar-refractivity contribution in [3.8, 4) is 0 Å². The monoisotopic (exact) mass is 255 g/mol. The van der Waals surface area contributed by atoms with Crippen molar-refractivity contribution in [2.45, 2.75) is 40.7 Å². The number of aryl methyl sites for hydroxylation is 2. The Morgan fingerprint density at radius 3 is 2.35 bits per heavy atom. The minimum absolute atomic E-state index is 0.369. The lowest BCUT2D eigenvalue weighted by Crippen LogP contribution is -2.33. The molecule has 0 aliphatic heterocycles. The number of hydrogen-bond acceptors (Lipinski definition) is 4. The first-order chi connectivity index (χ1) is 7.95. The third kappa shape index (κ3) is 4.05. The van der Waals surface area contributed by atoms with Crippen molar-refractivity contribution in [2.75, 3.05) is 13.1 Å². The first kappa shape index (κ1) is 14.6. The number of nitrogens with two attached hydrogens (primary N) is 1. The first-order valence-electron chi connectivity index (χ1n) is 6.33. The van der Waals surface area contributed by atoms with Crippen molar-refractivity contribution in [3.05, 3.63) is 15.6 Å². The molecule has 3 N–H and O–H groups in total. The summed E-state index contributed by atoms with van der Waals surface area (Å²) >= 11 is 1.79. The van der Waals surface area contributed by atoms with Gasteiger partial charge in [0.05, 0.1) is 10.7 Å². The normalized spacial score (nSPS) is 15.2. The Balaban J connectivity index is 2.55. The van der Waals surface area contributed by atoms with Crippen molar-refractivity contribution >= 4 is 11.3 Å². The quantitative estimate of drug-likeness (QED) is 0.821. The molecule has 0 aromatic carbocycles. The van der Waals surface area contributed by atoms with E-state index in [9.17, 15) is 0 Å². The number of hydrogen-bond donors (Lipinski definition) is 2. The predicted octanol–water partition coefficient (Wildman–Crippen LogP) is 2.64. The van der Waals surface area contributed by atoms with Crippen LogP contribution in [0.5, 0.6) is 0 Å². The van der Waals surface area contributed by atoms with Crippen molar-refractivity contribution in [1.82, 2.24) is 10.3 Å². The summed E-state index contributed by atoms with van der Waals surface area (Å²) in [5, 5.41) is 4.72. The average Bonchev–Trinajstić information content (AvgIpc) is 2.58. The molecule has 2 atom stereocenters. The van der Waals surface area contributed by atoms with Gasteiger partial charge in [0.1, 0.15) is 0 Å². The van der Waals surface area contributed by atoms with Crippen LogP contribution in [-0.4, -0.2) is 18.1 Å². The summed E-state index contributed by atoms with van der Waals surface area (Å²) in [4.78, 5) is 5.82. The summed E-state index contributed by atoms with van der Waals surface area (Å²) in [6, 6.07) is 0.369. The molecule has 0 saturated carbocycles. The van der Waals surface area contributed by atoms with Crippen molar-refractivity contribution in [3.63, 3.8) is 0 Å². The average molecular weight is 255 g/mol. The fraction of sp³-hybridized carbons (Fsp3) is 0.769. The van der Waals surface area contributed by atoms with E-state index >= 15 is 0 Å². The van der Waals surface area contributed by atoms with Crippen LogP contribution in [0.25, 0.3) is 0 Å². The first-order valence-corrected chi connectivity index (χ1v) is 7.14. The van der Waals surface area contributed by atoms with E-state index in [1.54, 1.807) is 11.3 Å². The molecule has 1 heterocycles. The Hall–Kier alpha value is -0.450. The SMILES string of the molecule is Cc1nc(C)c(C(C)NCC(CN)C(C)C)s1. The Morgan fingerprint density at radius 1 is 1.29 bits per heavy atom. The highest BCUT2D eigenvalue weighted by atomic mass is 32.1. The molecule has 2 unspecified atom stereocenters. The highest BCUT2D eigenvalue weighted by Crippen LogP contribution is 2.24. The maximum Gasteiger partial charge on any atom is 0.0900 e. The minimum Gasteiger partial charge on any atom is -0.330 e. The number of rotatable bonds is 6. The molecule has 0 bridgehead atoms. The Labute approximate surface area is 109 Å². The molecule has 0 fully saturated rings. The van der Waals surface area contributed by atoms with Crippen LogP contribution in [0, 0.1) is 25.7 Å². The Kier molecular flexibility index (Phi) is 5.56. The molecule has 1 aromatic rings. The van der Waals surface area contributed by atoms with Crippen molar-refractivity contribution in [2.24, 2.45) is 17.6 Å². The molecule has 0 amide bonds. The molecule has 3 nitrogen and oxygen atoms in total. The third-order valence-electron chi connectivity index (χ3n) is 3.26. The van der Waals surface area contributed by atoms with Crippen LogP contribution >= 0.6 is 11.3 Å². The van der Waals surface area contributed by atoms with Gasteiger partial charge in [0.2, 0.25) is 0 Å². The van der Waals surface area contributed by atoms with Crippen LogP contribution in [0.3, 0.4) is 0 Å². The van der Waals surface area contributed by atoms with E-state index in [0.717, 1.165) is 23.8 Å². The predicted molar refractivity (Wildman–Crippen MR) is 75.4 cm³/mol. The van der Waals surface area contributed by atoms with E-state index in [-0.39, 0.29) is 0 Å². The molecule has 0 spiro atoms. The summed E-state index contributed by atoms with van der Waals surface area (Å²) in [6.07, 6.45) is 0. The molecule has 17 heavy (non-hydrogen) atoms. The van der Waals surface area contributed by atoms with Crippen molar-refractivity contribution in [1.29, 1.82) is 0 Å². The molecular weight excluding hydrogens is 230 g/mol. The summed E-state index contributed by atoms with van der Waals surface area (Å²) in [5.41, 5.74) is 6.94. The largest absolute Gasteiger partial charge is 0.330 e. The van der Waals surface area contributed by atoms with Gasteiger partial charge in [-0.1, -0.05) is 13.8 Å². The maximum absolute atomic E-state index is 5.78. The minimum atomic E-state index is 0.369. The van der Waals surface area contributed by atoms with Crippen LogP contribution < -0.4 is 11.1 Å². The molecule has 1 aromatic heterocycles. The highest BCUT2D eigenvalue weighted by molar-refractivity contribution is 7.11. The number of nitrogens with zero attached hydrogens (tertiary/aromatic N) is 1. The van der Waals surface area contributed by atoms with Gasteiger partial charge in [-0.2, -0.15) is 0 Å². The highest BCUT2D eigenvalue weighted by Gasteiger charge is 2.16. The fourth-order valence-electron chi connectivity index (χ4n) is 1.96. The summed E-state index contributed by atoms with van der Waals surface area (Å²) in [6.45, 7) is 12.5. The second kappa shape index (κ2) is 6.47. The molecule has 0 aliphatic carbocycles. The molecule has 0 radical (unpaired) electrons. The maximum atomic E-state index is 5.78. The van der Waals surface area contributed by atoms with Gasteiger partial charge >= 0.3 is 0 Å². The lowest BCUT2D eigenvalue weighted by Gasteiger charge is -2.22. The number of thiazole rings is 1. The van der Waals surface area contributed by atoms with Gasteiger partial charge < -0.3 is 11.1 Å². The van der Waals surface area contributed by atoms with Crippen LogP contribution in [0.1, 0.15) is 42.4 Å². The third-order valence-corrected chi connectivity index (χ3v) is 4.52. The topological polar surface area (TPSA) is 50.9 Å². The van der Waals surface area contributed by atoms with Gasteiger partial charge in [0.25, 0.3) is 0 Å². The summed E-state index contributed by atoms with van der Waals surface area (Å²) in [5.74, 6) is 1.18. The van der Waals surface area contributed by atoms with E-state index in [4.69, 9.17) is 5.73 Å². The fourth-order valence-corrected chi connectivity index (χ4v) is 2.92. The molecule has 0 saturated heterocycles. The van der Waals surface area contributed by atoms with E-state index < -0.39 is 0 Å². The summed E-state index contributed by atoms with van der Waals surface area (Å²) in [7, 11) is 0. The van der Waals surface area contributed by atoms with E-state index in [1.807, 2.05) is 0 Å². The van der Waals surface area contributed by atoms with Gasteiger partial charge in [-0.3, -0.25) is 0 Å². The van der Waals surface area contributed by atoms with Crippen LogP contribution in [-0.2, 0) is 0 Å². The zero-order valence-corrected chi connectivity index (χ0v) is 12.4.